The number of carbonyl (C=O) groups is 1. The van der Waals surface area contributed by atoms with Crippen LogP contribution in [0.1, 0.15) is 17.8 Å². The number of anilines is 2. The highest BCUT2D eigenvalue weighted by molar-refractivity contribution is 5.91. The van der Waals surface area contributed by atoms with E-state index in [9.17, 15) is 14.9 Å². The van der Waals surface area contributed by atoms with Crippen LogP contribution in [0.25, 0.3) is 0 Å². The lowest BCUT2D eigenvalue weighted by molar-refractivity contribution is -0.389. The zero-order valence-corrected chi connectivity index (χ0v) is 12.4. The number of nitrogens with zero attached hydrogens (tertiary/aromatic N) is 3. The Morgan fingerprint density at radius 2 is 2.18 bits per heavy atom. The van der Waals surface area contributed by atoms with E-state index in [2.05, 4.69) is 10.3 Å². The highest BCUT2D eigenvalue weighted by atomic mass is 16.6. The molecule has 0 atom stereocenters. The first-order valence-electron chi connectivity index (χ1n) is 6.71. The van der Waals surface area contributed by atoms with Gasteiger partial charge in [-0.05, 0) is 34.5 Å². The fourth-order valence-electron chi connectivity index (χ4n) is 2.01. The Kier molecular flexibility index (Phi) is 4.40. The smallest absolute Gasteiger partial charge is 0.381 e. The maximum absolute atomic E-state index is 12.0. The van der Waals surface area contributed by atoms with Crippen LogP contribution in [0.15, 0.2) is 24.4 Å². The molecule has 2 aromatic rings. The summed E-state index contributed by atoms with van der Waals surface area (Å²) in [5, 5.41) is 13.4. The molecule has 0 spiro atoms. The molecule has 0 bridgehead atoms. The molecular weight excluding hydrogens is 286 g/mol. The molecule has 0 fully saturated rings. The minimum Gasteiger partial charge on any atom is -0.399 e. The van der Waals surface area contributed by atoms with Gasteiger partial charge >= 0.3 is 5.82 Å². The molecular formula is C14H17N5O3. The first-order valence-corrected chi connectivity index (χ1v) is 6.71. The van der Waals surface area contributed by atoms with Crippen LogP contribution >= 0.6 is 0 Å². The maximum atomic E-state index is 12.0. The minimum absolute atomic E-state index is 0.183. The quantitative estimate of drug-likeness (QED) is 0.498. The van der Waals surface area contributed by atoms with Crippen molar-refractivity contribution in [1.82, 2.24) is 9.55 Å². The summed E-state index contributed by atoms with van der Waals surface area (Å²) in [6.07, 6.45) is 1.51. The monoisotopic (exact) mass is 303 g/mol. The SMILES string of the molecule is Cc1ccc(N)cc1NC(=O)CCn1cc([N+](=O)[O-])nc1C. The summed E-state index contributed by atoms with van der Waals surface area (Å²) in [6, 6.07) is 5.29. The van der Waals surface area contributed by atoms with E-state index in [1.165, 1.54) is 6.20 Å². The molecule has 8 heteroatoms. The molecule has 1 amide bonds. The largest absolute Gasteiger partial charge is 0.399 e. The predicted octanol–water partition coefficient (Wildman–Crippen LogP) is 2.02. The Bertz CT molecular complexity index is 723. The molecule has 1 aromatic carbocycles. The van der Waals surface area contributed by atoms with Gasteiger partial charge in [0.2, 0.25) is 11.7 Å². The lowest BCUT2D eigenvalue weighted by atomic mass is 10.2. The van der Waals surface area contributed by atoms with Gasteiger partial charge in [-0.25, -0.2) is 0 Å². The molecule has 0 aliphatic rings. The molecule has 2 rings (SSSR count). The molecule has 8 nitrogen and oxygen atoms in total. The molecule has 0 aliphatic carbocycles. The van der Waals surface area contributed by atoms with E-state index in [1.807, 2.05) is 13.0 Å². The molecule has 1 heterocycles. The average Bonchev–Trinajstić information content (AvgIpc) is 2.82. The fourth-order valence-corrected chi connectivity index (χ4v) is 2.01. The second-order valence-corrected chi connectivity index (χ2v) is 4.97. The van der Waals surface area contributed by atoms with Gasteiger partial charge in [0.1, 0.15) is 6.20 Å². The fraction of sp³-hybridized carbons (Fsp3) is 0.286. The standard InChI is InChI=1S/C14H17N5O3/c1-9-3-4-11(15)7-12(9)17-14(20)5-6-18-8-13(19(21)22)16-10(18)2/h3-4,7-8H,5-6,15H2,1-2H3,(H,17,20). The van der Waals surface area contributed by atoms with Crippen LogP contribution in [0.3, 0.4) is 0 Å². The van der Waals surface area contributed by atoms with Gasteiger partial charge in [0.15, 0.2) is 0 Å². The summed E-state index contributed by atoms with van der Waals surface area (Å²) in [4.78, 5) is 25.9. The third-order valence-electron chi connectivity index (χ3n) is 3.27. The second kappa shape index (κ2) is 6.25. The number of aryl methyl sites for hydroxylation is 3. The van der Waals surface area contributed by atoms with Crippen LogP contribution in [-0.2, 0) is 11.3 Å². The molecule has 3 N–H and O–H groups in total. The third kappa shape index (κ3) is 3.60. The number of nitro groups is 1. The van der Waals surface area contributed by atoms with Crippen molar-refractivity contribution in [1.29, 1.82) is 0 Å². The number of benzene rings is 1. The Morgan fingerprint density at radius 1 is 1.45 bits per heavy atom. The summed E-state index contributed by atoms with van der Waals surface area (Å²) < 4.78 is 1.59. The number of carbonyl (C=O) groups excluding carboxylic acids is 1. The van der Waals surface area contributed by atoms with E-state index >= 15 is 0 Å². The maximum Gasteiger partial charge on any atom is 0.381 e. The second-order valence-electron chi connectivity index (χ2n) is 4.97. The van der Waals surface area contributed by atoms with Crippen molar-refractivity contribution in [3.05, 3.63) is 45.9 Å². The van der Waals surface area contributed by atoms with E-state index in [-0.39, 0.29) is 18.1 Å². The normalized spacial score (nSPS) is 10.5. The highest BCUT2D eigenvalue weighted by Crippen LogP contribution is 2.18. The Hall–Kier alpha value is -2.90. The van der Waals surface area contributed by atoms with Crippen LogP contribution in [0.5, 0.6) is 0 Å². The van der Waals surface area contributed by atoms with Crippen molar-refractivity contribution in [3.8, 4) is 0 Å². The molecule has 22 heavy (non-hydrogen) atoms. The van der Waals surface area contributed by atoms with Gasteiger partial charge in [0.05, 0.1) is 0 Å². The van der Waals surface area contributed by atoms with Gasteiger partial charge in [-0.1, -0.05) is 6.07 Å². The Labute approximate surface area is 127 Å². The zero-order valence-electron chi connectivity index (χ0n) is 12.4. The molecule has 0 aliphatic heterocycles. The van der Waals surface area contributed by atoms with Crippen molar-refractivity contribution in [2.24, 2.45) is 0 Å². The van der Waals surface area contributed by atoms with Gasteiger partial charge in [-0.3, -0.25) is 4.79 Å². The van der Waals surface area contributed by atoms with Crippen molar-refractivity contribution in [2.45, 2.75) is 26.8 Å². The Morgan fingerprint density at radius 3 is 2.82 bits per heavy atom. The topological polar surface area (TPSA) is 116 Å². The molecule has 0 saturated heterocycles. The summed E-state index contributed by atoms with van der Waals surface area (Å²) >= 11 is 0. The molecule has 1 aromatic heterocycles. The van der Waals surface area contributed by atoms with Gasteiger partial charge < -0.3 is 25.7 Å². The number of nitrogen functional groups attached to an aromatic ring is 1. The number of rotatable bonds is 5. The van der Waals surface area contributed by atoms with Gasteiger partial charge in [0, 0.05) is 31.3 Å². The number of aromatic nitrogens is 2. The first-order chi connectivity index (χ1) is 10.4. The summed E-state index contributed by atoms with van der Waals surface area (Å²) in [5.41, 5.74) is 7.84. The summed E-state index contributed by atoms with van der Waals surface area (Å²) in [6.45, 7) is 3.85. The average molecular weight is 303 g/mol. The van der Waals surface area contributed by atoms with Gasteiger partial charge in [-0.15, -0.1) is 0 Å². The van der Waals surface area contributed by atoms with Gasteiger partial charge in [-0.2, -0.15) is 0 Å². The minimum atomic E-state index is -0.556. The highest BCUT2D eigenvalue weighted by Gasteiger charge is 2.15. The van der Waals surface area contributed by atoms with Crippen LogP contribution < -0.4 is 11.1 Å². The number of hydrogen-bond donors (Lipinski definition) is 2. The van der Waals surface area contributed by atoms with E-state index in [0.29, 0.717) is 23.7 Å². The van der Waals surface area contributed by atoms with Crippen LogP contribution in [-0.4, -0.2) is 20.4 Å². The number of nitrogens with two attached hydrogens (primary N) is 1. The van der Waals surface area contributed by atoms with Crippen LogP contribution in [0, 0.1) is 24.0 Å². The van der Waals surface area contributed by atoms with Crippen molar-refractivity contribution >= 4 is 23.1 Å². The van der Waals surface area contributed by atoms with E-state index in [1.54, 1.807) is 23.6 Å². The van der Waals surface area contributed by atoms with E-state index in [0.717, 1.165) is 5.56 Å². The Balaban J connectivity index is 1.98. The summed E-state index contributed by atoms with van der Waals surface area (Å²) in [7, 11) is 0. The number of hydrogen-bond acceptors (Lipinski definition) is 5. The van der Waals surface area contributed by atoms with Crippen molar-refractivity contribution < 1.29 is 9.72 Å². The number of amides is 1. The lowest BCUT2D eigenvalue weighted by Gasteiger charge is -2.09. The molecule has 0 radical (unpaired) electrons. The lowest BCUT2D eigenvalue weighted by Crippen LogP contribution is -2.15. The van der Waals surface area contributed by atoms with Crippen LogP contribution in [0.2, 0.25) is 0 Å². The van der Waals surface area contributed by atoms with E-state index in [4.69, 9.17) is 5.73 Å². The van der Waals surface area contributed by atoms with Crippen LogP contribution in [0.4, 0.5) is 17.2 Å². The van der Waals surface area contributed by atoms with Crippen molar-refractivity contribution in [3.63, 3.8) is 0 Å². The number of imidazole rings is 1. The van der Waals surface area contributed by atoms with E-state index < -0.39 is 4.92 Å². The third-order valence-corrected chi connectivity index (χ3v) is 3.27. The van der Waals surface area contributed by atoms with Crippen molar-refractivity contribution in [2.75, 3.05) is 11.1 Å². The zero-order chi connectivity index (χ0) is 16.3. The molecule has 0 saturated carbocycles. The number of nitrogens with one attached hydrogen (secondary N) is 1. The predicted molar refractivity (Wildman–Crippen MR) is 82.5 cm³/mol. The molecule has 116 valence electrons. The summed E-state index contributed by atoms with van der Waals surface area (Å²) in [5.74, 6) is 0.0914. The van der Waals surface area contributed by atoms with Gasteiger partial charge in [0.25, 0.3) is 0 Å². The molecule has 0 unspecified atom stereocenters. The first kappa shape index (κ1) is 15.5.